The van der Waals surface area contributed by atoms with Crippen LogP contribution in [0.25, 0.3) is 0 Å². The van der Waals surface area contributed by atoms with Crippen molar-refractivity contribution in [2.45, 2.75) is 28.3 Å². The Morgan fingerprint density at radius 2 is 1.52 bits per heavy atom. The van der Waals surface area contributed by atoms with Gasteiger partial charge in [0.2, 0.25) is 0 Å². The Morgan fingerprint density at radius 1 is 0.897 bits per heavy atom. The van der Waals surface area contributed by atoms with Crippen LogP contribution in [0.1, 0.15) is 29.0 Å². The molecule has 0 saturated carbocycles. The van der Waals surface area contributed by atoms with Crippen LogP contribution in [0.2, 0.25) is 0 Å². The molecule has 2 heterocycles. The highest BCUT2D eigenvalue weighted by molar-refractivity contribution is 8.27. The first-order valence-electron chi connectivity index (χ1n) is 10.0. The Labute approximate surface area is 181 Å². The third-order valence-electron chi connectivity index (χ3n) is 5.77. The van der Waals surface area contributed by atoms with Crippen molar-refractivity contribution >= 4 is 28.6 Å². The molecule has 3 atom stereocenters. The molecule has 2 aliphatic heterocycles. The molecule has 1 saturated heterocycles. The van der Waals surface area contributed by atoms with E-state index in [4.69, 9.17) is 4.99 Å². The van der Waals surface area contributed by atoms with Crippen molar-refractivity contribution in [3.05, 3.63) is 108 Å². The van der Waals surface area contributed by atoms with Gasteiger partial charge in [-0.2, -0.15) is 0 Å². The van der Waals surface area contributed by atoms with Crippen molar-refractivity contribution < 1.29 is 0 Å². The summed E-state index contributed by atoms with van der Waals surface area (Å²) in [6.07, 6.45) is 0.938. The zero-order chi connectivity index (χ0) is 19.7. The Bertz CT molecular complexity index is 1010. The quantitative estimate of drug-likeness (QED) is 0.572. The molecule has 3 aromatic carbocycles. The molecule has 0 aliphatic carbocycles. The summed E-state index contributed by atoms with van der Waals surface area (Å²) in [7, 11) is 0. The van der Waals surface area contributed by atoms with E-state index in [2.05, 4.69) is 103 Å². The zero-order valence-corrected chi connectivity index (χ0v) is 18.0. The van der Waals surface area contributed by atoms with Crippen molar-refractivity contribution in [1.82, 2.24) is 5.32 Å². The molecule has 1 N–H and O–H groups in total. The fourth-order valence-corrected chi connectivity index (χ4v) is 7.57. The third kappa shape index (κ3) is 3.54. The summed E-state index contributed by atoms with van der Waals surface area (Å²) in [4.78, 5) is 5.37. The molecular weight excluding hydrogens is 392 g/mol. The first kappa shape index (κ1) is 19.0. The van der Waals surface area contributed by atoms with Gasteiger partial charge in [0.05, 0.1) is 16.0 Å². The van der Waals surface area contributed by atoms with Crippen molar-refractivity contribution in [1.29, 1.82) is 0 Å². The molecule has 5 rings (SSSR count). The lowest BCUT2D eigenvalue weighted by Crippen LogP contribution is -2.46. The van der Waals surface area contributed by atoms with Gasteiger partial charge >= 0.3 is 0 Å². The molecule has 0 bridgehead atoms. The Morgan fingerprint density at radius 3 is 2.21 bits per heavy atom. The van der Waals surface area contributed by atoms with Gasteiger partial charge in [-0.3, -0.25) is 10.3 Å². The molecule has 1 spiro atoms. The number of nitrogens with one attached hydrogen (secondary N) is 1. The maximum absolute atomic E-state index is 5.37. The van der Waals surface area contributed by atoms with Crippen LogP contribution in [0, 0.1) is 0 Å². The van der Waals surface area contributed by atoms with E-state index in [9.17, 15) is 0 Å². The van der Waals surface area contributed by atoms with Crippen LogP contribution in [0.4, 0.5) is 0 Å². The van der Waals surface area contributed by atoms with E-state index in [1.807, 2.05) is 23.5 Å². The van der Waals surface area contributed by atoms with Crippen LogP contribution in [-0.2, 0) is 6.42 Å². The Hall–Kier alpha value is -2.01. The van der Waals surface area contributed by atoms with E-state index in [0.717, 1.165) is 18.0 Å². The van der Waals surface area contributed by atoms with Gasteiger partial charge in [-0.05, 0) is 24.5 Å². The average Bonchev–Trinajstić information content (AvgIpc) is 3.32. The molecule has 29 heavy (non-hydrogen) atoms. The molecule has 0 amide bonds. The van der Waals surface area contributed by atoms with Crippen LogP contribution < -0.4 is 5.32 Å². The minimum atomic E-state index is -0.189. The smallest absolute Gasteiger partial charge is 0.107 e. The van der Waals surface area contributed by atoms with Crippen molar-refractivity contribution in [3.63, 3.8) is 0 Å². The number of hydrogen-bond donors (Lipinski definition) is 1. The fourth-order valence-electron chi connectivity index (χ4n) is 4.16. The van der Waals surface area contributed by atoms with E-state index in [0.29, 0.717) is 5.37 Å². The van der Waals surface area contributed by atoms with Crippen LogP contribution in [0.3, 0.4) is 0 Å². The highest BCUT2D eigenvalue weighted by Gasteiger charge is 2.58. The lowest BCUT2D eigenvalue weighted by atomic mass is 9.89. The van der Waals surface area contributed by atoms with Gasteiger partial charge in [0.1, 0.15) is 4.08 Å². The second kappa shape index (κ2) is 7.67. The lowest BCUT2D eigenvalue weighted by Gasteiger charge is -2.37. The molecule has 146 valence electrons. The fraction of sp³-hybridized carbons (Fsp3) is 0.240. The minimum absolute atomic E-state index is 0.0332. The van der Waals surface area contributed by atoms with Crippen LogP contribution in [0.15, 0.2) is 96.0 Å². The predicted molar refractivity (Wildman–Crippen MR) is 127 cm³/mol. The molecule has 0 radical (unpaired) electrons. The topological polar surface area (TPSA) is 24.4 Å². The van der Waals surface area contributed by atoms with Crippen molar-refractivity contribution in [2.75, 3.05) is 6.54 Å². The molecule has 1 fully saturated rings. The van der Waals surface area contributed by atoms with E-state index in [1.54, 1.807) is 0 Å². The van der Waals surface area contributed by atoms with Gasteiger partial charge in [-0.15, -0.1) is 11.8 Å². The Balaban J connectivity index is 1.51. The summed E-state index contributed by atoms with van der Waals surface area (Å²) in [6.45, 7) is 3.27. The maximum Gasteiger partial charge on any atom is 0.107 e. The SMILES string of the molecule is C[C@@]1(Cc2ccccc2)N=C(c2ccccc2)S[C@@]12CN[C@@H](c1ccccc1)S2. The normalized spacial score (nSPS) is 28.6. The first-order chi connectivity index (χ1) is 14.2. The molecule has 2 aliphatic rings. The number of benzene rings is 3. The second-order valence-corrected chi connectivity index (χ2v) is 10.8. The van der Waals surface area contributed by atoms with Crippen molar-refractivity contribution in [2.24, 2.45) is 4.99 Å². The first-order valence-corrected chi connectivity index (χ1v) is 11.7. The van der Waals surface area contributed by atoms with E-state index < -0.39 is 0 Å². The average molecular weight is 417 g/mol. The summed E-state index contributed by atoms with van der Waals surface area (Å²) < 4.78 is -0.0332. The van der Waals surface area contributed by atoms with E-state index in [1.165, 1.54) is 16.7 Å². The molecule has 0 aromatic heterocycles. The second-order valence-electron chi connectivity index (χ2n) is 7.86. The third-order valence-corrected chi connectivity index (χ3v) is 9.39. The Kier molecular flexibility index (Phi) is 5.02. The summed E-state index contributed by atoms with van der Waals surface area (Å²) >= 11 is 3.98. The number of nitrogens with zero attached hydrogens (tertiary/aromatic N) is 1. The highest BCUT2D eigenvalue weighted by atomic mass is 32.2. The monoisotopic (exact) mass is 416 g/mol. The van der Waals surface area contributed by atoms with Gasteiger partial charge in [0.25, 0.3) is 0 Å². The standard InChI is InChI=1S/C25H24N2S2/c1-24(17-19-11-5-2-6-12-19)25(29-23(27-24)21-15-9-4-10-16-21)18-26-22(28-25)20-13-7-3-8-14-20/h2-16,22,26H,17-18H2,1H3/t22-,24+,25+/m1/s1. The van der Waals surface area contributed by atoms with Crippen LogP contribution in [0.5, 0.6) is 0 Å². The zero-order valence-electron chi connectivity index (χ0n) is 16.4. The predicted octanol–water partition coefficient (Wildman–Crippen LogP) is 5.91. The number of thioether (sulfide) groups is 2. The summed E-state index contributed by atoms with van der Waals surface area (Å²) in [6, 6.07) is 32.2. The van der Waals surface area contributed by atoms with Crippen molar-refractivity contribution in [3.8, 4) is 0 Å². The van der Waals surface area contributed by atoms with Gasteiger partial charge in [-0.1, -0.05) is 103 Å². The minimum Gasteiger partial charge on any atom is -0.299 e. The van der Waals surface area contributed by atoms with Crippen LogP contribution >= 0.6 is 23.5 Å². The lowest BCUT2D eigenvalue weighted by molar-refractivity contribution is 0.429. The van der Waals surface area contributed by atoms with Gasteiger partial charge < -0.3 is 0 Å². The summed E-state index contributed by atoms with van der Waals surface area (Å²) in [5.41, 5.74) is 3.71. The largest absolute Gasteiger partial charge is 0.299 e. The summed E-state index contributed by atoms with van der Waals surface area (Å²) in [5.74, 6) is 0. The number of rotatable bonds is 4. The highest BCUT2D eigenvalue weighted by Crippen LogP contribution is 2.61. The van der Waals surface area contributed by atoms with Gasteiger partial charge in [0.15, 0.2) is 0 Å². The molecule has 0 unspecified atom stereocenters. The van der Waals surface area contributed by atoms with E-state index >= 15 is 0 Å². The summed E-state index contributed by atoms with van der Waals surface area (Å²) in [5, 5.41) is 5.24. The molecular formula is C25H24N2S2. The van der Waals surface area contributed by atoms with Crippen LogP contribution in [-0.4, -0.2) is 21.2 Å². The molecule has 3 aromatic rings. The van der Waals surface area contributed by atoms with E-state index in [-0.39, 0.29) is 9.62 Å². The van der Waals surface area contributed by atoms with Gasteiger partial charge in [0, 0.05) is 12.1 Å². The van der Waals surface area contributed by atoms with Gasteiger partial charge in [-0.25, -0.2) is 0 Å². The maximum atomic E-state index is 5.37. The number of hydrogen-bond acceptors (Lipinski definition) is 4. The molecule has 2 nitrogen and oxygen atoms in total. The molecule has 4 heteroatoms. The number of aliphatic imine (C=N–C) groups is 1.